The molecule has 1 rings (SSSR count). The van der Waals surface area contributed by atoms with E-state index < -0.39 is 6.17 Å². The normalized spacial score (nSPS) is 37.8. The Morgan fingerprint density at radius 3 is 2.75 bits per heavy atom. The van der Waals surface area contributed by atoms with Gasteiger partial charge in [-0.3, -0.25) is 0 Å². The van der Waals surface area contributed by atoms with Gasteiger partial charge < -0.3 is 0 Å². The Morgan fingerprint density at radius 2 is 2.38 bits per heavy atom. The summed E-state index contributed by atoms with van der Waals surface area (Å²) >= 11 is 3.34. The van der Waals surface area contributed by atoms with Crippen LogP contribution in [0.2, 0.25) is 0 Å². The minimum absolute atomic E-state index is 0.363. The zero-order valence-electron chi connectivity index (χ0n) is 4.48. The van der Waals surface area contributed by atoms with Gasteiger partial charge in [-0.15, -0.1) is 0 Å². The molecule has 0 N–H and O–H groups in total. The standard InChI is InChI=1S/C6H8BrF/c7-5-2-1-3-6(8)4-5/h1,3,5-6H,2,4H2. The molecular formula is C6H8BrF. The van der Waals surface area contributed by atoms with Gasteiger partial charge in [0.25, 0.3) is 0 Å². The van der Waals surface area contributed by atoms with E-state index in [1.54, 1.807) is 6.08 Å². The molecule has 2 unspecified atom stereocenters. The number of alkyl halides is 2. The summed E-state index contributed by atoms with van der Waals surface area (Å²) in [5.74, 6) is 0. The SMILES string of the molecule is FC1C=CCC(Br)C1. The van der Waals surface area contributed by atoms with E-state index in [2.05, 4.69) is 15.9 Å². The summed E-state index contributed by atoms with van der Waals surface area (Å²) in [5, 5.41) is 0. The fourth-order valence-electron chi connectivity index (χ4n) is 0.793. The van der Waals surface area contributed by atoms with Gasteiger partial charge in [-0.25, -0.2) is 4.39 Å². The summed E-state index contributed by atoms with van der Waals surface area (Å²) in [6.45, 7) is 0. The molecule has 1 aliphatic carbocycles. The molecule has 0 saturated carbocycles. The molecule has 0 nitrogen and oxygen atoms in total. The molecule has 0 radical (unpaired) electrons. The van der Waals surface area contributed by atoms with Crippen LogP contribution in [0, 0.1) is 0 Å². The monoisotopic (exact) mass is 178 g/mol. The highest BCUT2D eigenvalue weighted by molar-refractivity contribution is 9.09. The first-order valence-corrected chi connectivity index (χ1v) is 3.65. The lowest BCUT2D eigenvalue weighted by Crippen LogP contribution is -2.09. The van der Waals surface area contributed by atoms with E-state index in [1.165, 1.54) is 0 Å². The van der Waals surface area contributed by atoms with E-state index >= 15 is 0 Å². The maximum atomic E-state index is 12.3. The Balaban J connectivity index is 2.42. The summed E-state index contributed by atoms with van der Waals surface area (Å²) in [7, 11) is 0. The lowest BCUT2D eigenvalue weighted by molar-refractivity contribution is 0.367. The highest BCUT2D eigenvalue weighted by Crippen LogP contribution is 2.20. The minimum atomic E-state index is -0.715. The molecule has 0 saturated heterocycles. The number of halogens is 2. The average Bonchev–Trinajstić information content (AvgIpc) is 1.64. The number of hydrogen-bond acceptors (Lipinski definition) is 0. The predicted molar refractivity (Wildman–Crippen MR) is 36.0 cm³/mol. The van der Waals surface area contributed by atoms with Gasteiger partial charge in [-0.1, -0.05) is 28.1 Å². The predicted octanol–water partition coefficient (Wildman–Crippen LogP) is 2.44. The summed E-state index contributed by atoms with van der Waals surface area (Å²) in [6.07, 6.45) is 4.40. The van der Waals surface area contributed by atoms with Crippen molar-refractivity contribution < 1.29 is 4.39 Å². The zero-order chi connectivity index (χ0) is 5.98. The molecule has 0 aromatic rings. The van der Waals surface area contributed by atoms with E-state index in [1.807, 2.05) is 6.08 Å². The molecule has 0 fully saturated rings. The zero-order valence-corrected chi connectivity index (χ0v) is 6.07. The van der Waals surface area contributed by atoms with Crippen molar-refractivity contribution in [2.75, 3.05) is 0 Å². The van der Waals surface area contributed by atoms with Crippen LogP contribution in [0.15, 0.2) is 12.2 Å². The Bertz CT molecular complexity index is 101. The smallest absolute Gasteiger partial charge is 0.119 e. The van der Waals surface area contributed by atoms with Crippen molar-refractivity contribution in [2.24, 2.45) is 0 Å². The molecule has 0 aromatic heterocycles. The van der Waals surface area contributed by atoms with Crippen molar-refractivity contribution in [2.45, 2.75) is 23.8 Å². The van der Waals surface area contributed by atoms with E-state index in [4.69, 9.17) is 0 Å². The van der Waals surface area contributed by atoms with E-state index in [0.717, 1.165) is 6.42 Å². The average molecular weight is 179 g/mol. The Kier molecular flexibility index (Phi) is 2.06. The first-order chi connectivity index (χ1) is 3.79. The van der Waals surface area contributed by atoms with Crippen LogP contribution in [-0.4, -0.2) is 11.0 Å². The van der Waals surface area contributed by atoms with Gasteiger partial charge in [0.15, 0.2) is 0 Å². The van der Waals surface area contributed by atoms with Crippen LogP contribution in [0.25, 0.3) is 0 Å². The fraction of sp³-hybridized carbons (Fsp3) is 0.667. The molecule has 46 valence electrons. The maximum Gasteiger partial charge on any atom is 0.119 e. The molecule has 0 amide bonds. The first-order valence-electron chi connectivity index (χ1n) is 2.74. The van der Waals surface area contributed by atoms with Crippen molar-refractivity contribution in [3.8, 4) is 0 Å². The third-order valence-corrected chi connectivity index (χ3v) is 1.97. The topological polar surface area (TPSA) is 0 Å². The second-order valence-corrected chi connectivity index (χ2v) is 3.31. The van der Waals surface area contributed by atoms with Crippen LogP contribution in [0.1, 0.15) is 12.8 Å². The molecule has 0 aliphatic heterocycles. The lowest BCUT2D eigenvalue weighted by Gasteiger charge is -2.12. The van der Waals surface area contributed by atoms with Gasteiger partial charge in [-0.2, -0.15) is 0 Å². The Hall–Kier alpha value is 0.150. The number of hydrogen-bond donors (Lipinski definition) is 0. The Morgan fingerprint density at radius 1 is 1.62 bits per heavy atom. The van der Waals surface area contributed by atoms with Gasteiger partial charge in [0.2, 0.25) is 0 Å². The van der Waals surface area contributed by atoms with E-state index in [0.29, 0.717) is 11.2 Å². The van der Waals surface area contributed by atoms with E-state index in [-0.39, 0.29) is 0 Å². The van der Waals surface area contributed by atoms with Crippen molar-refractivity contribution in [1.29, 1.82) is 0 Å². The van der Waals surface area contributed by atoms with Crippen molar-refractivity contribution in [1.82, 2.24) is 0 Å². The number of rotatable bonds is 0. The van der Waals surface area contributed by atoms with Crippen molar-refractivity contribution in [3.63, 3.8) is 0 Å². The van der Waals surface area contributed by atoms with Gasteiger partial charge in [0, 0.05) is 4.83 Å². The van der Waals surface area contributed by atoms with Gasteiger partial charge in [0.05, 0.1) is 0 Å². The summed E-state index contributed by atoms with van der Waals surface area (Å²) < 4.78 is 12.3. The van der Waals surface area contributed by atoms with Crippen LogP contribution >= 0.6 is 15.9 Å². The van der Waals surface area contributed by atoms with E-state index in [9.17, 15) is 4.39 Å². The third-order valence-electron chi connectivity index (χ3n) is 1.22. The third kappa shape index (κ3) is 1.58. The molecular weight excluding hydrogens is 171 g/mol. The van der Waals surface area contributed by atoms with Crippen LogP contribution in [0.3, 0.4) is 0 Å². The second kappa shape index (κ2) is 2.62. The maximum absolute atomic E-state index is 12.3. The number of allylic oxidation sites excluding steroid dienone is 2. The van der Waals surface area contributed by atoms with Crippen LogP contribution in [0.4, 0.5) is 4.39 Å². The van der Waals surface area contributed by atoms with Gasteiger partial charge in [0.1, 0.15) is 6.17 Å². The summed E-state index contributed by atoms with van der Waals surface area (Å²) in [4.78, 5) is 0.363. The highest BCUT2D eigenvalue weighted by atomic mass is 79.9. The molecule has 0 aromatic carbocycles. The minimum Gasteiger partial charge on any atom is -0.243 e. The second-order valence-electron chi connectivity index (χ2n) is 2.01. The molecule has 0 bridgehead atoms. The van der Waals surface area contributed by atoms with Gasteiger partial charge >= 0.3 is 0 Å². The molecule has 0 heterocycles. The fourth-order valence-corrected chi connectivity index (χ4v) is 1.37. The first kappa shape index (κ1) is 6.27. The van der Waals surface area contributed by atoms with Crippen LogP contribution < -0.4 is 0 Å². The van der Waals surface area contributed by atoms with Gasteiger partial charge in [-0.05, 0) is 12.8 Å². The van der Waals surface area contributed by atoms with Crippen molar-refractivity contribution >= 4 is 15.9 Å². The molecule has 8 heavy (non-hydrogen) atoms. The largest absolute Gasteiger partial charge is 0.243 e. The molecule has 1 aliphatic rings. The quantitative estimate of drug-likeness (QED) is 0.395. The summed E-state index contributed by atoms with van der Waals surface area (Å²) in [5.41, 5.74) is 0. The van der Waals surface area contributed by atoms with Crippen LogP contribution in [0.5, 0.6) is 0 Å². The summed E-state index contributed by atoms with van der Waals surface area (Å²) in [6, 6.07) is 0. The Labute approximate surface area is 56.9 Å². The van der Waals surface area contributed by atoms with Crippen LogP contribution in [-0.2, 0) is 0 Å². The molecule has 2 heteroatoms. The lowest BCUT2D eigenvalue weighted by atomic mass is 10.1. The van der Waals surface area contributed by atoms with Crippen molar-refractivity contribution in [3.05, 3.63) is 12.2 Å². The highest BCUT2D eigenvalue weighted by Gasteiger charge is 2.12. The molecule has 0 spiro atoms. The molecule has 2 atom stereocenters.